The first kappa shape index (κ1) is 22.9. The third-order valence-electron chi connectivity index (χ3n) is 3.89. The van der Waals surface area contributed by atoms with Crippen molar-refractivity contribution < 1.29 is 14.2 Å². The molecule has 2 aromatic rings. The van der Waals surface area contributed by atoms with E-state index in [0.717, 1.165) is 29.0 Å². The number of guanidine groups is 1. The molecule has 0 spiro atoms. The van der Waals surface area contributed by atoms with Crippen LogP contribution in [0.3, 0.4) is 0 Å². The third kappa shape index (κ3) is 7.54. The Morgan fingerprint density at radius 3 is 2.48 bits per heavy atom. The maximum Gasteiger partial charge on any atom is 0.188 e. The first-order valence-electron chi connectivity index (χ1n) is 8.57. The predicted molar refractivity (Wildman–Crippen MR) is 120 cm³/mol. The first-order valence-corrected chi connectivity index (χ1v) is 8.57. The van der Waals surface area contributed by atoms with Crippen LogP contribution in [0.5, 0.6) is 17.2 Å². The summed E-state index contributed by atoms with van der Waals surface area (Å²) in [7, 11) is 3.25. The lowest BCUT2D eigenvalue weighted by atomic mass is 10.1. The van der Waals surface area contributed by atoms with Crippen LogP contribution in [0, 0.1) is 6.92 Å². The molecular formula is C20H28IN3O3. The van der Waals surface area contributed by atoms with E-state index in [2.05, 4.69) is 10.3 Å². The van der Waals surface area contributed by atoms with Gasteiger partial charge in [-0.05, 0) is 42.7 Å². The summed E-state index contributed by atoms with van der Waals surface area (Å²) in [5.41, 5.74) is 8.12. The van der Waals surface area contributed by atoms with E-state index in [-0.39, 0.29) is 24.0 Å². The molecule has 0 radical (unpaired) electrons. The summed E-state index contributed by atoms with van der Waals surface area (Å²) < 4.78 is 16.2. The summed E-state index contributed by atoms with van der Waals surface area (Å²) in [6.45, 7) is 3.73. The van der Waals surface area contributed by atoms with Crippen LogP contribution in [0.4, 0.5) is 0 Å². The molecule has 0 aromatic heterocycles. The Bertz CT molecular complexity index is 738. The number of nitrogens with one attached hydrogen (secondary N) is 1. The highest BCUT2D eigenvalue weighted by molar-refractivity contribution is 14.0. The third-order valence-corrected chi connectivity index (χ3v) is 3.89. The van der Waals surface area contributed by atoms with Gasteiger partial charge in [-0.3, -0.25) is 4.99 Å². The number of rotatable bonds is 9. The number of nitrogens with two attached hydrogens (primary N) is 1. The fourth-order valence-electron chi connectivity index (χ4n) is 2.46. The molecule has 148 valence electrons. The Morgan fingerprint density at radius 1 is 1.04 bits per heavy atom. The van der Waals surface area contributed by atoms with Crippen LogP contribution < -0.4 is 25.3 Å². The molecule has 0 heterocycles. The summed E-state index contributed by atoms with van der Waals surface area (Å²) >= 11 is 0. The van der Waals surface area contributed by atoms with Gasteiger partial charge >= 0.3 is 0 Å². The van der Waals surface area contributed by atoms with E-state index in [0.29, 0.717) is 31.4 Å². The fraction of sp³-hybridized carbons (Fsp3) is 0.350. The van der Waals surface area contributed by atoms with Crippen molar-refractivity contribution in [3.8, 4) is 17.2 Å². The van der Waals surface area contributed by atoms with Gasteiger partial charge in [-0.1, -0.05) is 24.3 Å². The first-order chi connectivity index (χ1) is 12.6. The zero-order valence-electron chi connectivity index (χ0n) is 16.0. The highest BCUT2D eigenvalue weighted by atomic mass is 127. The van der Waals surface area contributed by atoms with Crippen LogP contribution in [0.1, 0.15) is 11.1 Å². The highest BCUT2D eigenvalue weighted by Gasteiger charge is 2.04. The Kier molecular flexibility index (Phi) is 10.4. The van der Waals surface area contributed by atoms with Gasteiger partial charge in [-0.25, -0.2) is 0 Å². The van der Waals surface area contributed by atoms with Gasteiger partial charge in [0.15, 0.2) is 17.5 Å². The van der Waals surface area contributed by atoms with E-state index in [4.69, 9.17) is 19.9 Å². The second kappa shape index (κ2) is 12.3. The van der Waals surface area contributed by atoms with Gasteiger partial charge in [0.05, 0.1) is 20.8 Å². The minimum absolute atomic E-state index is 0. The number of methoxy groups -OCH3 is 2. The van der Waals surface area contributed by atoms with E-state index in [1.54, 1.807) is 14.2 Å². The molecule has 7 heteroatoms. The highest BCUT2D eigenvalue weighted by Crippen LogP contribution is 2.27. The second-order valence-corrected chi connectivity index (χ2v) is 5.75. The van der Waals surface area contributed by atoms with E-state index in [1.807, 2.05) is 49.4 Å². The number of para-hydroxylation sites is 1. The molecule has 2 rings (SSSR count). The van der Waals surface area contributed by atoms with Gasteiger partial charge < -0.3 is 25.3 Å². The largest absolute Gasteiger partial charge is 0.493 e. The molecule has 0 bridgehead atoms. The number of hydrogen-bond acceptors (Lipinski definition) is 4. The molecule has 0 saturated heterocycles. The minimum atomic E-state index is 0. The number of aliphatic imine (C=N–C) groups is 1. The molecule has 6 nitrogen and oxygen atoms in total. The van der Waals surface area contributed by atoms with Crippen molar-refractivity contribution in [3.05, 3.63) is 53.6 Å². The van der Waals surface area contributed by atoms with Gasteiger partial charge in [0.25, 0.3) is 0 Å². The van der Waals surface area contributed by atoms with Gasteiger partial charge in [0.2, 0.25) is 0 Å². The van der Waals surface area contributed by atoms with E-state index in [9.17, 15) is 0 Å². The lowest BCUT2D eigenvalue weighted by molar-refractivity contribution is 0.320. The summed E-state index contributed by atoms with van der Waals surface area (Å²) in [6, 6.07) is 13.8. The van der Waals surface area contributed by atoms with E-state index < -0.39 is 0 Å². The van der Waals surface area contributed by atoms with Crippen LogP contribution in [-0.4, -0.2) is 39.9 Å². The number of benzene rings is 2. The zero-order chi connectivity index (χ0) is 18.8. The molecule has 2 aromatic carbocycles. The Hall–Kier alpha value is -2.16. The molecule has 0 aliphatic carbocycles. The smallest absolute Gasteiger partial charge is 0.188 e. The maximum atomic E-state index is 5.89. The molecule has 3 N–H and O–H groups in total. The summed E-state index contributed by atoms with van der Waals surface area (Å²) in [6.07, 6.45) is 0.766. The van der Waals surface area contributed by atoms with Crippen molar-refractivity contribution in [2.45, 2.75) is 13.3 Å². The normalized spacial score (nSPS) is 10.7. The topological polar surface area (TPSA) is 78.1 Å². The quantitative estimate of drug-likeness (QED) is 0.247. The number of halogens is 1. The van der Waals surface area contributed by atoms with Crippen LogP contribution in [-0.2, 0) is 6.42 Å². The predicted octanol–water partition coefficient (Wildman–Crippen LogP) is 3.16. The van der Waals surface area contributed by atoms with Crippen molar-refractivity contribution in [1.82, 2.24) is 5.32 Å². The zero-order valence-corrected chi connectivity index (χ0v) is 18.4. The molecule has 0 aliphatic heterocycles. The average Bonchev–Trinajstić information content (AvgIpc) is 2.66. The number of ether oxygens (including phenoxy) is 3. The number of hydrogen-bond donors (Lipinski definition) is 2. The maximum absolute atomic E-state index is 5.89. The van der Waals surface area contributed by atoms with Gasteiger partial charge in [0, 0.05) is 6.54 Å². The summed E-state index contributed by atoms with van der Waals surface area (Å²) in [5.74, 6) is 2.74. The van der Waals surface area contributed by atoms with Crippen LogP contribution in [0.15, 0.2) is 47.5 Å². The molecule has 0 saturated carbocycles. The number of nitrogens with zero attached hydrogens (tertiary/aromatic N) is 1. The van der Waals surface area contributed by atoms with Crippen LogP contribution in [0.25, 0.3) is 0 Å². The monoisotopic (exact) mass is 485 g/mol. The minimum Gasteiger partial charge on any atom is -0.493 e. The Balaban J connectivity index is 0.00000364. The second-order valence-electron chi connectivity index (χ2n) is 5.75. The van der Waals surface area contributed by atoms with Crippen LogP contribution >= 0.6 is 24.0 Å². The van der Waals surface area contributed by atoms with E-state index >= 15 is 0 Å². The molecule has 27 heavy (non-hydrogen) atoms. The average molecular weight is 485 g/mol. The van der Waals surface area contributed by atoms with Crippen molar-refractivity contribution in [3.63, 3.8) is 0 Å². The molecule has 0 amide bonds. The molecule has 0 fully saturated rings. The summed E-state index contributed by atoms with van der Waals surface area (Å²) in [5, 5.41) is 3.06. The van der Waals surface area contributed by atoms with Gasteiger partial charge in [-0.2, -0.15) is 0 Å². The fourth-order valence-corrected chi connectivity index (χ4v) is 2.46. The van der Waals surface area contributed by atoms with Crippen molar-refractivity contribution in [2.24, 2.45) is 10.7 Å². The molecule has 0 unspecified atom stereocenters. The standard InChI is InChI=1S/C20H27N3O3.HI/c1-15-6-4-5-7-17(15)26-13-12-23-20(21)22-11-10-16-8-9-18(24-2)19(14-16)25-3;/h4-9,14H,10-13H2,1-3H3,(H3,21,22,23);1H. The van der Waals surface area contributed by atoms with Gasteiger partial charge in [-0.15, -0.1) is 24.0 Å². The lowest BCUT2D eigenvalue weighted by Crippen LogP contribution is -2.35. The lowest BCUT2D eigenvalue weighted by Gasteiger charge is -2.10. The van der Waals surface area contributed by atoms with Crippen molar-refractivity contribution >= 4 is 29.9 Å². The number of aryl methyl sites for hydroxylation is 1. The Labute approximate surface area is 178 Å². The molecule has 0 aliphatic rings. The Morgan fingerprint density at radius 2 is 1.78 bits per heavy atom. The van der Waals surface area contributed by atoms with Gasteiger partial charge in [0.1, 0.15) is 12.4 Å². The molecule has 0 atom stereocenters. The van der Waals surface area contributed by atoms with Crippen molar-refractivity contribution in [1.29, 1.82) is 0 Å². The van der Waals surface area contributed by atoms with Crippen LogP contribution in [0.2, 0.25) is 0 Å². The van der Waals surface area contributed by atoms with E-state index in [1.165, 1.54) is 0 Å². The SMILES string of the molecule is COc1ccc(CCN=C(N)NCCOc2ccccc2C)cc1OC.I. The molecular weight excluding hydrogens is 457 g/mol. The van der Waals surface area contributed by atoms with Crippen molar-refractivity contribution in [2.75, 3.05) is 33.9 Å². The summed E-state index contributed by atoms with van der Waals surface area (Å²) in [4.78, 5) is 4.34.